The first kappa shape index (κ1) is 10.3. The van der Waals surface area contributed by atoms with E-state index in [1.54, 1.807) is 0 Å². The number of nitrogens with zero attached hydrogens (tertiary/aromatic N) is 2. The Bertz CT molecular complexity index is 390. The van der Waals surface area contributed by atoms with Crippen molar-refractivity contribution in [2.75, 3.05) is 6.61 Å². The second kappa shape index (κ2) is 3.43. The number of ketones is 1. The topological polar surface area (TPSA) is 64.3 Å². The molecule has 15 heavy (non-hydrogen) atoms. The number of rotatable bonds is 2. The maximum Gasteiger partial charge on any atom is 0.211 e. The number of imidazole rings is 1. The molecule has 0 spiro atoms. The molecular formula is C10H14N2O3. The van der Waals surface area contributed by atoms with Gasteiger partial charge < -0.3 is 14.4 Å². The number of fused-ring (bicyclic) bond motifs is 1. The minimum atomic E-state index is -1.35. The summed E-state index contributed by atoms with van der Waals surface area (Å²) in [4.78, 5) is 15.9. The second-order valence-electron chi connectivity index (χ2n) is 4.15. The summed E-state index contributed by atoms with van der Waals surface area (Å²) in [6.07, 6.45) is 1.50. The Morgan fingerprint density at radius 3 is 3.07 bits per heavy atom. The molecule has 1 aromatic heterocycles. The quantitative estimate of drug-likeness (QED) is 0.716. The Morgan fingerprint density at radius 1 is 1.67 bits per heavy atom. The van der Waals surface area contributed by atoms with Crippen molar-refractivity contribution in [3.63, 3.8) is 0 Å². The van der Waals surface area contributed by atoms with Gasteiger partial charge in [0.15, 0.2) is 0 Å². The molecular weight excluding hydrogens is 196 g/mol. The van der Waals surface area contributed by atoms with Gasteiger partial charge in [-0.3, -0.25) is 4.79 Å². The minimum Gasteiger partial charge on any atom is -0.382 e. The van der Waals surface area contributed by atoms with Crippen LogP contribution in [0.25, 0.3) is 0 Å². The maximum atomic E-state index is 11.8. The number of carbonyl (C=O) groups excluding carboxylic acids is 1. The number of Topliss-reactive ketones (excluding diaryl/α,β-unsaturated/α-hetero) is 1. The molecule has 1 N–H and O–H groups in total. The summed E-state index contributed by atoms with van der Waals surface area (Å²) in [5.74, 6) is 0.442. The highest BCUT2D eigenvalue weighted by molar-refractivity contribution is 6.00. The van der Waals surface area contributed by atoms with Gasteiger partial charge in [0.25, 0.3) is 0 Å². The van der Waals surface area contributed by atoms with E-state index in [0.717, 1.165) is 5.82 Å². The zero-order valence-corrected chi connectivity index (χ0v) is 8.86. The summed E-state index contributed by atoms with van der Waals surface area (Å²) in [5.41, 5.74) is -0.893. The van der Waals surface area contributed by atoms with E-state index in [-0.39, 0.29) is 5.78 Å². The van der Waals surface area contributed by atoms with Crippen LogP contribution in [0.2, 0.25) is 0 Å². The fourth-order valence-corrected chi connectivity index (χ4v) is 1.59. The van der Waals surface area contributed by atoms with E-state index in [4.69, 9.17) is 4.74 Å². The molecule has 82 valence electrons. The van der Waals surface area contributed by atoms with Gasteiger partial charge in [-0.25, -0.2) is 4.98 Å². The third kappa shape index (κ3) is 1.80. The molecule has 1 aromatic rings. The van der Waals surface area contributed by atoms with Gasteiger partial charge in [0.1, 0.15) is 23.7 Å². The van der Waals surface area contributed by atoms with E-state index in [2.05, 4.69) is 4.98 Å². The van der Waals surface area contributed by atoms with E-state index in [1.165, 1.54) is 20.0 Å². The smallest absolute Gasteiger partial charge is 0.211 e. The van der Waals surface area contributed by atoms with Crippen molar-refractivity contribution in [2.24, 2.45) is 0 Å². The average Bonchev–Trinajstić information content (AvgIpc) is 2.58. The fourth-order valence-electron chi connectivity index (χ4n) is 1.59. The molecule has 0 aromatic carbocycles. The number of carbonyl (C=O) groups is 1. The van der Waals surface area contributed by atoms with Gasteiger partial charge in [0.2, 0.25) is 5.78 Å². The van der Waals surface area contributed by atoms with Crippen LogP contribution < -0.4 is 0 Å². The molecule has 0 fully saturated rings. The van der Waals surface area contributed by atoms with E-state index in [0.29, 0.717) is 25.5 Å². The van der Waals surface area contributed by atoms with Gasteiger partial charge in [-0.15, -0.1) is 0 Å². The molecule has 5 heteroatoms. The van der Waals surface area contributed by atoms with Crippen LogP contribution in [0.15, 0.2) is 6.20 Å². The van der Waals surface area contributed by atoms with Crippen LogP contribution >= 0.6 is 0 Å². The molecule has 0 saturated heterocycles. The summed E-state index contributed by atoms with van der Waals surface area (Å²) >= 11 is 0. The normalized spacial score (nSPS) is 16.2. The molecule has 1 aliphatic heterocycles. The van der Waals surface area contributed by atoms with Crippen molar-refractivity contribution in [3.05, 3.63) is 17.7 Å². The van der Waals surface area contributed by atoms with Crippen LogP contribution in [0.5, 0.6) is 0 Å². The van der Waals surface area contributed by atoms with Crippen LogP contribution in [0.4, 0.5) is 0 Å². The van der Waals surface area contributed by atoms with Crippen molar-refractivity contribution < 1.29 is 14.6 Å². The fraction of sp³-hybridized carbons (Fsp3) is 0.600. The Hall–Kier alpha value is -1.20. The van der Waals surface area contributed by atoms with E-state index < -0.39 is 5.60 Å². The molecule has 0 unspecified atom stereocenters. The molecule has 5 nitrogen and oxygen atoms in total. The first-order chi connectivity index (χ1) is 7.00. The van der Waals surface area contributed by atoms with Gasteiger partial charge in [-0.05, 0) is 13.8 Å². The zero-order valence-electron chi connectivity index (χ0n) is 8.86. The average molecular weight is 210 g/mol. The summed E-state index contributed by atoms with van der Waals surface area (Å²) in [6, 6.07) is 0. The lowest BCUT2D eigenvalue weighted by atomic mass is 10.0. The third-order valence-electron chi connectivity index (χ3n) is 2.42. The highest BCUT2D eigenvalue weighted by atomic mass is 16.5. The highest BCUT2D eigenvalue weighted by Gasteiger charge is 2.29. The number of aromatic nitrogens is 2. The summed E-state index contributed by atoms with van der Waals surface area (Å²) in [7, 11) is 0. The summed E-state index contributed by atoms with van der Waals surface area (Å²) < 4.78 is 7.03. The largest absolute Gasteiger partial charge is 0.382 e. The Morgan fingerprint density at radius 2 is 2.40 bits per heavy atom. The molecule has 1 aliphatic rings. The molecule has 0 saturated carbocycles. The minimum absolute atomic E-state index is 0.303. The van der Waals surface area contributed by atoms with Gasteiger partial charge in [-0.1, -0.05) is 0 Å². The van der Waals surface area contributed by atoms with Crippen LogP contribution in [0, 0.1) is 0 Å². The Balaban J connectivity index is 2.37. The van der Waals surface area contributed by atoms with E-state index in [1.807, 2.05) is 4.57 Å². The van der Waals surface area contributed by atoms with Gasteiger partial charge in [0, 0.05) is 6.54 Å². The first-order valence-electron chi connectivity index (χ1n) is 4.89. The summed E-state index contributed by atoms with van der Waals surface area (Å²) in [6.45, 7) is 4.59. The van der Waals surface area contributed by atoms with Gasteiger partial charge >= 0.3 is 0 Å². The second-order valence-corrected chi connectivity index (χ2v) is 4.15. The van der Waals surface area contributed by atoms with E-state index in [9.17, 15) is 9.90 Å². The van der Waals surface area contributed by atoms with Crippen molar-refractivity contribution >= 4 is 5.78 Å². The third-order valence-corrected chi connectivity index (χ3v) is 2.42. The van der Waals surface area contributed by atoms with Crippen LogP contribution in [-0.2, 0) is 17.9 Å². The van der Waals surface area contributed by atoms with Crippen molar-refractivity contribution in [1.29, 1.82) is 0 Å². The number of aliphatic hydroxyl groups is 1. The van der Waals surface area contributed by atoms with Gasteiger partial charge in [0.05, 0.1) is 12.8 Å². The van der Waals surface area contributed by atoms with Crippen molar-refractivity contribution in [3.8, 4) is 0 Å². The molecule has 0 atom stereocenters. The predicted octanol–water partition coefficient (Wildman–Crippen LogP) is 0.367. The standard InChI is InChI=1S/C10H14N2O3/c1-10(2,14)9(13)7-5-11-8-6-15-4-3-12(7)8/h5,14H,3-4,6H2,1-2H3. The molecule has 0 aliphatic carbocycles. The molecule has 0 bridgehead atoms. The molecule has 2 rings (SSSR count). The van der Waals surface area contributed by atoms with Crippen LogP contribution in [0.1, 0.15) is 30.2 Å². The summed E-state index contributed by atoms with van der Waals surface area (Å²) in [5, 5.41) is 9.64. The molecule has 2 heterocycles. The maximum absolute atomic E-state index is 11.8. The lowest BCUT2D eigenvalue weighted by molar-refractivity contribution is 0.0459. The van der Waals surface area contributed by atoms with Gasteiger partial charge in [-0.2, -0.15) is 0 Å². The highest BCUT2D eigenvalue weighted by Crippen LogP contribution is 2.17. The molecule has 0 amide bonds. The molecule has 0 radical (unpaired) electrons. The number of hydrogen-bond acceptors (Lipinski definition) is 4. The number of ether oxygens (including phenoxy) is 1. The van der Waals surface area contributed by atoms with E-state index >= 15 is 0 Å². The van der Waals surface area contributed by atoms with Crippen molar-refractivity contribution in [1.82, 2.24) is 9.55 Å². The Kier molecular flexibility index (Phi) is 2.36. The van der Waals surface area contributed by atoms with Crippen LogP contribution in [0.3, 0.4) is 0 Å². The SMILES string of the molecule is CC(C)(O)C(=O)c1cnc2n1CCOC2. The van der Waals surface area contributed by atoms with Crippen LogP contribution in [-0.4, -0.2) is 32.6 Å². The zero-order chi connectivity index (χ0) is 11.1. The van der Waals surface area contributed by atoms with Crippen molar-refractivity contribution in [2.45, 2.75) is 32.6 Å². The first-order valence-corrected chi connectivity index (χ1v) is 4.89. The predicted molar refractivity (Wildman–Crippen MR) is 52.5 cm³/mol. The Labute approximate surface area is 87.7 Å². The lowest BCUT2D eigenvalue weighted by Crippen LogP contribution is -2.34. The number of hydrogen-bond donors (Lipinski definition) is 1. The lowest BCUT2D eigenvalue weighted by Gasteiger charge is -2.20. The monoisotopic (exact) mass is 210 g/mol.